The van der Waals surface area contributed by atoms with E-state index in [1.54, 1.807) is 31.4 Å². The van der Waals surface area contributed by atoms with E-state index in [4.69, 9.17) is 14.7 Å². The van der Waals surface area contributed by atoms with Gasteiger partial charge in [-0.25, -0.2) is 0 Å². The zero-order valence-corrected chi connectivity index (χ0v) is 11.1. The Kier molecular flexibility index (Phi) is 7.59. The Bertz CT molecular complexity index is 404. The number of nitriles is 1. The summed E-state index contributed by atoms with van der Waals surface area (Å²) in [6.45, 7) is 2.11. The fourth-order valence-corrected chi connectivity index (χ4v) is 1.54. The molecule has 0 saturated heterocycles. The van der Waals surface area contributed by atoms with Gasteiger partial charge in [0.25, 0.3) is 0 Å². The Hall–Kier alpha value is -1.61. The van der Waals surface area contributed by atoms with Gasteiger partial charge in [0.15, 0.2) is 0 Å². The monoisotopic (exact) mass is 264 g/mol. The lowest BCUT2D eigenvalue weighted by atomic mass is 10.2. The van der Waals surface area contributed by atoms with E-state index in [0.717, 1.165) is 13.0 Å². The summed E-state index contributed by atoms with van der Waals surface area (Å²) in [6.07, 6.45) is 0.302. The van der Waals surface area contributed by atoms with Gasteiger partial charge < -0.3 is 19.9 Å². The van der Waals surface area contributed by atoms with Crippen LogP contribution in [-0.2, 0) is 4.74 Å². The van der Waals surface area contributed by atoms with Crippen LogP contribution in [0.4, 0.5) is 0 Å². The number of aliphatic hydroxyl groups is 1. The summed E-state index contributed by atoms with van der Waals surface area (Å²) in [4.78, 5) is 0. The summed E-state index contributed by atoms with van der Waals surface area (Å²) in [5.74, 6) is 0.503. The first-order chi connectivity index (χ1) is 9.27. The second kappa shape index (κ2) is 9.34. The summed E-state index contributed by atoms with van der Waals surface area (Å²) in [5, 5.41) is 21.7. The molecule has 0 spiro atoms. The maximum Gasteiger partial charge on any atom is 0.137 e. The molecule has 0 aromatic heterocycles. The Labute approximate surface area is 113 Å². The minimum absolute atomic E-state index is 0.163. The lowest BCUT2D eigenvalue weighted by Crippen LogP contribution is -2.32. The molecule has 19 heavy (non-hydrogen) atoms. The molecule has 0 saturated carbocycles. The van der Waals surface area contributed by atoms with Gasteiger partial charge in [0.1, 0.15) is 24.5 Å². The molecule has 1 aromatic carbocycles. The van der Waals surface area contributed by atoms with Gasteiger partial charge in [-0.15, -0.1) is 0 Å². The van der Waals surface area contributed by atoms with Crippen LogP contribution in [0.15, 0.2) is 24.3 Å². The number of nitrogens with one attached hydrogen (secondary N) is 1. The van der Waals surface area contributed by atoms with Crippen LogP contribution in [0.5, 0.6) is 5.75 Å². The Morgan fingerprint density at radius 1 is 1.42 bits per heavy atom. The molecule has 104 valence electrons. The summed E-state index contributed by atoms with van der Waals surface area (Å²) in [5.41, 5.74) is 0.475. The first-order valence-electron chi connectivity index (χ1n) is 6.27. The van der Waals surface area contributed by atoms with Crippen molar-refractivity contribution in [3.8, 4) is 11.8 Å². The highest BCUT2D eigenvalue weighted by atomic mass is 16.5. The number of methoxy groups -OCH3 is 1. The van der Waals surface area contributed by atoms with E-state index in [2.05, 4.69) is 5.32 Å². The van der Waals surface area contributed by atoms with E-state index in [1.807, 2.05) is 6.07 Å². The third-order valence-corrected chi connectivity index (χ3v) is 2.52. The largest absolute Gasteiger partial charge is 0.489 e. The number of hydrogen-bond acceptors (Lipinski definition) is 5. The number of hydrogen-bond donors (Lipinski definition) is 2. The number of ether oxygens (including phenoxy) is 2. The molecule has 0 amide bonds. The van der Waals surface area contributed by atoms with Crippen molar-refractivity contribution in [1.29, 1.82) is 5.26 Å². The fraction of sp³-hybridized carbons (Fsp3) is 0.500. The second-order valence-corrected chi connectivity index (χ2v) is 4.12. The van der Waals surface area contributed by atoms with Crippen molar-refractivity contribution in [3.05, 3.63) is 29.8 Å². The third-order valence-electron chi connectivity index (χ3n) is 2.52. The number of para-hydroxylation sites is 1. The first kappa shape index (κ1) is 15.4. The van der Waals surface area contributed by atoms with E-state index in [0.29, 0.717) is 24.5 Å². The number of aliphatic hydroxyl groups excluding tert-OH is 1. The summed E-state index contributed by atoms with van der Waals surface area (Å²) in [7, 11) is 1.66. The molecule has 0 aliphatic heterocycles. The highest BCUT2D eigenvalue weighted by Gasteiger charge is 2.07. The van der Waals surface area contributed by atoms with Crippen LogP contribution >= 0.6 is 0 Å². The minimum Gasteiger partial charge on any atom is -0.489 e. The fourth-order valence-electron chi connectivity index (χ4n) is 1.54. The molecule has 1 rings (SSSR count). The lowest BCUT2D eigenvalue weighted by molar-refractivity contribution is 0.105. The second-order valence-electron chi connectivity index (χ2n) is 4.12. The molecule has 1 atom stereocenters. The number of rotatable bonds is 9. The van der Waals surface area contributed by atoms with Crippen LogP contribution in [0, 0.1) is 11.3 Å². The Morgan fingerprint density at radius 3 is 2.95 bits per heavy atom. The van der Waals surface area contributed by atoms with Crippen LogP contribution in [0.3, 0.4) is 0 Å². The molecule has 0 fully saturated rings. The molecule has 0 aliphatic carbocycles. The van der Waals surface area contributed by atoms with Crippen molar-refractivity contribution in [2.75, 3.05) is 33.4 Å². The van der Waals surface area contributed by atoms with Crippen LogP contribution in [0.2, 0.25) is 0 Å². The molecule has 0 aliphatic rings. The zero-order chi connectivity index (χ0) is 13.9. The lowest BCUT2D eigenvalue weighted by Gasteiger charge is -2.13. The van der Waals surface area contributed by atoms with Crippen molar-refractivity contribution in [2.24, 2.45) is 0 Å². The van der Waals surface area contributed by atoms with E-state index in [1.165, 1.54) is 0 Å². The third kappa shape index (κ3) is 6.20. The molecule has 1 unspecified atom stereocenters. The molecular weight excluding hydrogens is 244 g/mol. The standard InChI is InChI=1S/C14H20N2O3/c1-18-8-4-7-16-10-13(17)11-19-14-6-3-2-5-12(14)9-15/h2-3,5-6,13,16-17H,4,7-8,10-11H2,1H3. The molecule has 2 N–H and O–H groups in total. The molecule has 0 radical (unpaired) electrons. The molecule has 1 aromatic rings. The Morgan fingerprint density at radius 2 is 2.21 bits per heavy atom. The van der Waals surface area contributed by atoms with Crippen molar-refractivity contribution < 1.29 is 14.6 Å². The van der Waals surface area contributed by atoms with E-state index < -0.39 is 6.10 Å². The minimum atomic E-state index is -0.603. The van der Waals surface area contributed by atoms with Gasteiger partial charge in [-0.05, 0) is 25.1 Å². The molecule has 0 heterocycles. The smallest absolute Gasteiger partial charge is 0.137 e. The highest BCUT2D eigenvalue weighted by Crippen LogP contribution is 2.16. The van der Waals surface area contributed by atoms with Crippen LogP contribution in [0.1, 0.15) is 12.0 Å². The Balaban J connectivity index is 2.23. The molecule has 5 heteroatoms. The molecular formula is C14H20N2O3. The van der Waals surface area contributed by atoms with Crippen molar-refractivity contribution in [1.82, 2.24) is 5.32 Å². The van der Waals surface area contributed by atoms with Gasteiger partial charge >= 0.3 is 0 Å². The first-order valence-corrected chi connectivity index (χ1v) is 6.27. The van der Waals surface area contributed by atoms with Gasteiger partial charge in [0.05, 0.1) is 5.56 Å². The molecule has 0 bridgehead atoms. The van der Waals surface area contributed by atoms with E-state index >= 15 is 0 Å². The zero-order valence-electron chi connectivity index (χ0n) is 11.1. The number of nitrogens with zero attached hydrogens (tertiary/aromatic N) is 1. The van der Waals surface area contributed by atoms with Crippen LogP contribution < -0.4 is 10.1 Å². The quantitative estimate of drug-likeness (QED) is 0.649. The summed E-state index contributed by atoms with van der Waals surface area (Å²) >= 11 is 0. The van der Waals surface area contributed by atoms with E-state index in [9.17, 15) is 5.11 Å². The van der Waals surface area contributed by atoms with Gasteiger partial charge in [0, 0.05) is 20.3 Å². The van der Waals surface area contributed by atoms with Crippen LogP contribution in [0.25, 0.3) is 0 Å². The predicted molar refractivity (Wildman–Crippen MR) is 72.0 cm³/mol. The highest BCUT2D eigenvalue weighted by molar-refractivity contribution is 5.42. The van der Waals surface area contributed by atoms with Crippen LogP contribution in [-0.4, -0.2) is 44.6 Å². The predicted octanol–water partition coefficient (Wildman–Crippen LogP) is 0.924. The van der Waals surface area contributed by atoms with Crippen molar-refractivity contribution >= 4 is 0 Å². The van der Waals surface area contributed by atoms with Crippen molar-refractivity contribution in [3.63, 3.8) is 0 Å². The average molecular weight is 264 g/mol. The summed E-state index contributed by atoms with van der Waals surface area (Å²) in [6, 6.07) is 9.03. The molecule has 5 nitrogen and oxygen atoms in total. The topological polar surface area (TPSA) is 74.5 Å². The summed E-state index contributed by atoms with van der Waals surface area (Å²) < 4.78 is 10.4. The van der Waals surface area contributed by atoms with Gasteiger partial charge in [-0.2, -0.15) is 5.26 Å². The van der Waals surface area contributed by atoms with Gasteiger partial charge in [0.2, 0.25) is 0 Å². The van der Waals surface area contributed by atoms with Gasteiger partial charge in [-0.1, -0.05) is 12.1 Å². The number of benzene rings is 1. The van der Waals surface area contributed by atoms with Gasteiger partial charge in [-0.3, -0.25) is 0 Å². The van der Waals surface area contributed by atoms with E-state index in [-0.39, 0.29) is 6.61 Å². The normalized spacial score (nSPS) is 11.8. The SMILES string of the molecule is COCCCNCC(O)COc1ccccc1C#N. The maximum absolute atomic E-state index is 9.73. The van der Waals surface area contributed by atoms with Crippen molar-refractivity contribution in [2.45, 2.75) is 12.5 Å². The maximum atomic E-state index is 9.73. The average Bonchev–Trinajstić information content (AvgIpc) is 2.45.